The quantitative estimate of drug-likeness (QED) is 0.846. The van der Waals surface area contributed by atoms with Crippen LogP contribution in [0.1, 0.15) is 13.3 Å². The van der Waals surface area contributed by atoms with Crippen LogP contribution in [0.15, 0.2) is 24.3 Å². The summed E-state index contributed by atoms with van der Waals surface area (Å²) < 4.78 is 0. The molecule has 20 heavy (non-hydrogen) atoms. The highest BCUT2D eigenvalue weighted by Crippen LogP contribution is 2.35. The van der Waals surface area contributed by atoms with E-state index in [4.69, 9.17) is 11.5 Å². The van der Waals surface area contributed by atoms with Crippen molar-refractivity contribution in [2.45, 2.75) is 13.3 Å². The number of carbonyl (C=O) groups excluding carboxylic acids is 1. The molecule has 0 aliphatic carbocycles. The number of rotatable bonds is 2. The van der Waals surface area contributed by atoms with Gasteiger partial charge in [0.05, 0.1) is 10.9 Å². The van der Waals surface area contributed by atoms with Gasteiger partial charge >= 0.3 is 0 Å². The molecule has 0 radical (unpaired) electrons. The number of primary amides is 1. The summed E-state index contributed by atoms with van der Waals surface area (Å²) in [5, 5.41) is 0.940. The molecule has 4 N–H and O–H groups in total. The van der Waals surface area contributed by atoms with E-state index in [0.717, 1.165) is 29.7 Å². The van der Waals surface area contributed by atoms with E-state index in [9.17, 15) is 4.79 Å². The van der Waals surface area contributed by atoms with Gasteiger partial charge in [-0.2, -0.15) is 4.98 Å². The topological polar surface area (TPSA) is 98.1 Å². The largest absolute Gasteiger partial charge is 0.369 e. The minimum atomic E-state index is -0.513. The molecule has 104 valence electrons. The molecule has 1 amide bonds. The maximum absolute atomic E-state index is 11.6. The van der Waals surface area contributed by atoms with Gasteiger partial charge in [-0.1, -0.05) is 12.1 Å². The lowest BCUT2D eigenvalue weighted by molar-refractivity contribution is -0.125. The SMILES string of the molecule is CC1(C(N)=O)CCN(c2nc(N)nc3ccccc23)C1. The average Bonchev–Trinajstić information content (AvgIpc) is 2.82. The van der Waals surface area contributed by atoms with Crippen LogP contribution in [0.2, 0.25) is 0 Å². The number of aromatic nitrogens is 2. The number of hydrogen-bond acceptors (Lipinski definition) is 5. The zero-order valence-electron chi connectivity index (χ0n) is 11.3. The first-order chi connectivity index (χ1) is 9.49. The fourth-order valence-electron chi connectivity index (χ4n) is 2.66. The number of benzene rings is 1. The van der Waals surface area contributed by atoms with E-state index < -0.39 is 5.41 Å². The third kappa shape index (κ3) is 1.93. The van der Waals surface area contributed by atoms with E-state index in [1.165, 1.54) is 0 Å². The molecule has 1 aromatic heterocycles. The summed E-state index contributed by atoms with van der Waals surface area (Å²) in [4.78, 5) is 22.2. The number of anilines is 2. The first-order valence-electron chi connectivity index (χ1n) is 6.57. The Kier molecular flexibility index (Phi) is 2.74. The fraction of sp³-hybridized carbons (Fsp3) is 0.357. The van der Waals surface area contributed by atoms with Crippen molar-refractivity contribution in [2.75, 3.05) is 23.7 Å². The minimum absolute atomic E-state index is 0.242. The molecule has 1 aromatic carbocycles. The second kappa shape index (κ2) is 4.33. The maximum atomic E-state index is 11.6. The molecule has 1 saturated heterocycles. The maximum Gasteiger partial charge on any atom is 0.225 e. The van der Waals surface area contributed by atoms with Gasteiger partial charge in [0.25, 0.3) is 0 Å². The predicted octanol–water partition coefficient (Wildman–Crippen LogP) is 0.914. The molecule has 3 rings (SSSR count). The fourth-order valence-corrected chi connectivity index (χ4v) is 2.66. The van der Waals surface area contributed by atoms with Crippen molar-refractivity contribution >= 4 is 28.6 Å². The van der Waals surface area contributed by atoms with Crippen LogP contribution < -0.4 is 16.4 Å². The van der Waals surface area contributed by atoms with Gasteiger partial charge in [-0.25, -0.2) is 4.98 Å². The van der Waals surface area contributed by atoms with Crippen LogP contribution in [0.3, 0.4) is 0 Å². The highest BCUT2D eigenvalue weighted by atomic mass is 16.1. The molecule has 0 saturated carbocycles. The molecule has 2 aromatic rings. The zero-order chi connectivity index (χ0) is 14.3. The number of para-hydroxylation sites is 1. The Balaban J connectivity index is 2.05. The second-order valence-corrected chi connectivity index (χ2v) is 5.52. The Bertz CT molecular complexity index is 686. The number of amides is 1. The van der Waals surface area contributed by atoms with Gasteiger partial charge in [0, 0.05) is 18.5 Å². The van der Waals surface area contributed by atoms with Crippen LogP contribution in [0.5, 0.6) is 0 Å². The van der Waals surface area contributed by atoms with Gasteiger partial charge in [0.1, 0.15) is 5.82 Å². The highest BCUT2D eigenvalue weighted by Gasteiger charge is 2.39. The first-order valence-corrected chi connectivity index (χ1v) is 6.57. The van der Waals surface area contributed by atoms with Crippen LogP contribution >= 0.6 is 0 Å². The third-order valence-electron chi connectivity index (χ3n) is 3.97. The summed E-state index contributed by atoms with van der Waals surface area (Å²) in [6.45, 7) is 3.19. The first kappa shape index (κ1) is 12.7. The van der Waals surface area contributed by atoms with Gasteiger partial charge in [-0.05, 0) is 25.5 Å². The van der Waals surface area contributed by atoms with Crippen LogP contribution in [0.25, 0.3) is 10.9 Å². The Morgan fingerprint density at radius 2 is 2.10 bits per heavy atom. The van der Waals surface area contributed by atoms with Gasteiger partial charge in [-0.3, -0.25) is 4.79 Å². The van der Waals surface area contributed by atoms with E-state index >= 15 is 0 Å². The number of hydrogen-bond donors (Lipinski definition) is 2. The number of carbonyl (C=O) groups is 1. The number of nitrogens with two attached hydrogens (primary N) is 2. The zero-order valence-corrected chi connectivity index (χ0v) is 11.3. The lowest BCUT2D eigenvalue weighted by Gasteiger charge is -2.22. The lowest BCUT2D eigenvalue weighted by Crippen LogP contribution is -2.37. The average molecular weight is 271 g/mol. The molecule has 1 unspecified atom stereocenters. The van der Waals surface area contributed by atoms with E-state index in [0.29, 0.717) is 6.54 Å². The molecule has 2 heterocycles. The Hall–Kier alpha value is -2.37. The molecule has 6 heteroatoms. The van der Waals surface area contributed by atoms with Crippen molar-refractivity contribution < 1.29 is 4.79 Å². The standard InChI is InChI=1S/C14H17N5O/c1-14(12(15)20)6-7-19(8-14)11-9-4-2-3-5-10(9)17-13(16)18-11/h2-5H,6-8H2,1H3,(H2,15,20)(H2,16,17,18). The molecule has 1 aliphatic heterocycles. The summed E-state index contributed by atoms with van der Waals surface area (Å²) in [7, 11) is 0. The molecular formula is C14H17N5O. The molecule has 0 bridgehead atoms. The van der Waals surface area contributed by atoms with Crippen LogP contribution in [-0.2, 0) is 4.79 Å². The van der Waals surface area contributed by atoms with Crippen molar-refractivity contribution in [3.05, 3.63) is 24.3 Å². The van der Waals surface area contributed by atoms with Crippen LogP contribution in [0.4, 0.5) is 11.8 Å². The van der Waals surface area contributed by atoms with Crippen molar-refractivity contribution in [1.29, 1.82) is 0 Å². The molecule has 6 nitrogen and oxygen atoms in total. The van der Waals surface area contributed by atoms with Crippen LogP contribution in [0, 0.1) is 5.41 Å². The molecule has 0 spiro atoms. The lowest BCUT2D eigenvalue weighted by atomic mass is 9.89. The van der Waals surface area contributed by atoms with Crippen LogP contribution in [-0.4, -0.2) is 29.0 Å². The minimum Gasteiger partial charge on any atom is -0.369 e. The Labute approximate surface area is 116 Å². The summed E-state index contributed by atoms with van der Waals surface area (Å²) in [5.41, 5.74) is 11.6. The summed E-state index contributed by atoms with van der Waals surface area (Å²) in [6.07, 6.45) is 0.723. The number of nitrogen functional groups attached to an aromatic ring is 1. The van der Waals surface area contributed by atoms with Crippen molar-refractivity contribution in [3.63, 3.8) is 0 Å². The van der Waals surface area contributed by atoms with E-state index in [1.807, 2.05) is 31.2 Å². The smallest absolute Gasteiger partial charge is 0.225 e. The van der Waals surface area contributed by atoms with Gasteiger partial charge in [-0.15, -0.1) is 0 Å². The Morgan fingerprint density at radius 3 is 2.80 bits per heavy atom. The number of fused-ring (bicyclic) bond motifs is 1. The van der Waals surface area contributed by atoms with Gasteiger partial charge in [0.15, 0.2) is 0 Å². The molecule has 1 fully saturated rings. The highest BCUT2D eigenvalue weighted by molar-refractivity contribution is 5.91. The van der Waals surface area contributed by atoms with Gasteiger partial charge < -0.3 is 16.4 Å². The van der Waals surface area contributed by atoms with Crippen molar-refractivity contribution in [3.8, 4) is 0 Å². The summed E-state index contributed by atoms with van der Waals surface area (Å²) in [5.74, 6) is 0.746. The van der Waals surface area contributed by atoms with Crippen molar-refractivity contribution in [1.82, 2.24) is 9.97 Å². The molecular weight excluding hydrogens is 254 g/mol. The molecule has 1 aliphatic rings. The number of nitrogens with zero attached hydrogens (tertiary/aromatic N) is 3. The normalized spacial score (nSPS) is 22.4. The third-order valence-corrected chi connectivity index (χ3v) is 3.97. The van der Waals surface area contributed by atoms with E-state index in [-0.39, 0.29) is 11.9 Å². The predicted molar refractivity (Wildman–Crippen MR) is 78.1 cm³/mol. The van der Waals surface area contributed by atoms with Crippen molar-refractivity contribution in [2.24, 2.45) is 11.1 Å². The second-order valence-electron chi connectivity index (χ2n) is 5.52. The molecule has 1 atom stereocenters. The monoisotopic (exact) mass is 271 g/mol. The summed E-state index contributed by atoms with van der Waals surface area (Å²) in [6, 6.07) is 7.72. The Morgan fingerprint density at radius 1 is 1.35 bits per heavy atom. The summed E-state index contributed by atoms with van der Waals surface area (Å²) >= 11 is 0. The van der Waals surface area contributed by atoms with E-state index in [2.05, 4.69) is 14.9 Å². The van der Waals surface area contributed by atoms with Gasteiger partial charge in [0.2, 0.25) is 11.9 Å². The van der Waals surface area contributed by atoms with E-state index in [1.54, 1.807) is 0 Å².